The maximum Gasteiger partial charge on any atom is 0.410 e. The first-order valence-electron chi connectivity index (χ1n) is 9.28. The van der Waals surface area contributed by atoms with E-state index >= 15 is 0 Å². The molecule has 25 heavy (non-hydrogen) atoms. The number of aromatic nitrogens is 1. The Hall–Kier alpha value is -1.56. The maximum atomic E-state index is 12.3. The number of amides is 1. The lowest BCUT2D eigenvalue weighted by molar-refractivity contribution is 0.00744. The lowest BCUT2D eigenvalue weighted by Gasteiger charge is -2.33. The molecule has 2 rings (SSSR count). The largest absolute Gasteiger partial charge is 0.448 e. The molecule has 0 radical (unpaired) electrons. The zero-order valence-electron chi connectivity index (χ0n) is 16.2. The monoisotopic (exact) mass is 352 g/mol. The van der Waals surface area contributed by atoms with E-state index in [2.05, 4.69) is 11.9 Å². The Labute approximate surface area is 150 Å². The Bertz CT molecular complexity index is 547. The zero-order valence-corrected chi connectivity index (χ0v) is 16.2. The fraction of sp³-hybridized carbons (Fsp3) is 0.789. The number of nitrogens with zero attached hydrogens (tertiary/aromatic N) is 2. The number of rotatable bonds is 7. The van der Waals surface area contributed by atoms with E-state index < -0.39 is 5.60 Å². The summed E-state index contributed by atoms with van der Waals surface area (Å²) in [4.78, 5) is 18.7. The normalized spacial score (nSPS) is 17.6. The van der Waals surface area contributed by atoms with Gasteiger partial charge in [0, 0.05) is 38.6 Å². The first-order valence-corrected chi connectivity index (χ1v) is 9.28. The molecular weight excluding hydrogens is 320 g/mol. The summed E-state index contributed by atoms with van der Waals surface area (Å²) < 4.78 is 16.4. The lowest BCUT2D eigenvalue weighted by atomic mass is 9.94. The van der Waals surface area contributed by atoms with Gasteiger partial charge in [0.1, 0.15) is 11.9 Å². The Balaban J connectivity index is 1.86. The zero-order chi connectivity index (χ0) is 18.4. The number of likely N-dealkylation sites (tertiary alicyclic amines) is 1. The van der Waals surface area contributed by atoms with Crippen molar-refractivity contribution in [2.75, 3.05) is 26.8 Å². The number of methoxy groups -OCH3 is 1. The summed E-state index contributed by atoms with van der Waals surface area (Å²) >= 11 is 0. The van der Waals surface area contributed by atoms with Gasteiger partial charge in [0.25, 0.3) is 0 Å². The van der Waals surface area contributed by atoms with Crippen molar-refractivity contribution in [2.24, 2.45) is 0 Å². The molecule has 1 aromatic heterocycles. The summed E-state index contributed by atoms with van der Waals surface area (Å²) in [7, 11) is 1.70. The topological polar surface area (TPSA) is 64.8 Å². The van der Waals surface area contributed by atoms with Crippen molar-refractivity contribution in [3.8, 4) is 0 Å². The SMILES string of the molecule is CCC(C)(C)OC(=O)N1CCC(c2coc(C(C)CCOC)n2)CC1. The molecule has 0 N–H and O–H groups in total. The Morgan fingerprint density at radius 2 is 2.12 bits per heavy atom. The standard InChI is InChI=1S/C19H32N2O4/c1-6-19(3,4)25-18(22)21-10-7-15(8-11-21)16-13-24-17(20-16)14(2)9-12-23-5/h13-15H,6-12H2,1-5H3. The molecule has 2 heterocycles. The molecule has 0 aliphatic carbocycles. The molecule has 1 amide bonds. The highest BCUT2D eigenvalue weighted by molar-refractivity contribution is 5.68. The van der Waals surface area contributed by atoms with E-state index in [-0.39, 0.29) is 12.0 Å². The van der Waals surface area contributed by atoms with E-state index in [1.54, 1.807) is 18.3 Å². The molecule has 6 heteroatoms. The van der Waals surface area contributed by atoms with Crippen molar-refractivity contribution >= 4 is 6.09 Å². The van der Waals surface area contributed by atoms with Crippen molar-refractivity contribution in [1.29, 1.82) is 0 Å². The van der Waals surface area contributed by atoms with E-state index in [9.17, 15) is 4.79 Å². The van der Waals surface area contributed by atoms with Gasteiger partial charge in [-0.05, 0) is 39.5 Å². The number of oxazole rings is 1. The van der Waals surface area contributed by atoms with Crippen molar-refractivity contribution in [3.63, 3.8) is 0 Å². The summed E-state index contributed by atoms with van der Waals surface area (Å²) in [5, 5.41) is 0. The van der Waals surface area contributed by atoms with Gasteiger partial charge in [-0.2, -0.15) is 0 Å². The maximum absolute atomic E-state index is 12.3. The summed E-state index contributed by atoms with van der Waals surface area (Å²) in [5.41, 5.74) is 0.592. The highest BCUT2D eigenvalue weighted by Crippen LogP contribution is 2.30. The van der Waals surface area contributed by atoms with Crippen molar-refractivity contribution < 1.29 is 18.7 Å². The van der Waals surface area contributed by atoms with Crippen LogP contribution in [0.5, 0.6) is 0 Å². The Morgan fingerprint density at radius 1 is 1.44 bits per heavy atom. The van der Waals surface area contributed by atoms with E-state index in [1.165, 1.54) is 0 Å². The second-order valence-electron chi connectivity index (χ2n) is 7.54. The molecule has 1 saturated heterocycles. The van der Waals surface area contributed by atoms with Gasteiger partial charge in [-0.15, -0.1) is 0 Å². The predicted molar refractivity (Wildman–Crippen MR) is 95.8 cm³/mol. The van der Waals surface area contributed by atoms with Crippen LogP contribution in [0.3, 0.4) is 0 Å². The average molecular weight is 352 g/mol. The van der Waals surface area contributed by atoms with Crippen LogP contribution in [-0.2, 0) is 9.47 Å². The van der Waals surface area contributed by atoms with Gasteiger partial charge in [0.2, 0.25) is 0 Å². The fourth-order valence-corrected chi connectivity index (χ4v) is 2.86. The molecule has 1 aliphatic rings. The van der Waals surface area contributed by atoms with Gasteiger partial charge >= 0.3 is 6.09 Å². The molecule has 0 aromatic carbocycles. The molecule has 1 aromatic rings. The van der Waals surface area contributed by atoms with Crippen LogP contribution in [0.1, 0.15) is 76.8 Å². The highest BCUT2D eigenvalue weighted by atomic mass is 16.6. The van der Waals surface area contributed by atoms with Crippen LogP contribution < -0.4 is 0 Å². The van der Waals surface area contributed by atoms with E-state index in [0.29, 0.717) is 25.6 Å². The van der Waals surface area contributed by atoms with Crippen molar-refractivity contribution in [3.05, 3.63) is 17.8 Å². The molecule has 0 bridgehead atoms. The van der Waals surface area contributed by atoms with E-state index in [1.807, 2.05) is 20.8 Å². The van der Waals surface area contributed by atoms with Crippen molar-refractivity contribution in [2.45, 2.75) is 70.8 Å². The predicted octanol–water partition coefficient (Wildman–Crippen LogP) is 4.32. The lowest BCUT2D eigenvalue weighted by Crippen LogP contribution is -2.42. The van der Waals surface area contributed by atoms with Gasteiger partial charge in [0.05, 0.1) is 5.69 Å². The minimum Gasteiger partial charge on any atom is -0.448 e. The first kappa shape index (κ1) is 19.8. The third kappa shape index (κ3) is 5.46. The third-order valence-corrected chi connectivity index (χ3v) is 5.10. The van der Waals surface area contributed by atoms with Gasteiger partial charge in [-0.3, -0.25) is 0 Å². The molecular formula is C19H32N2O4. The number of hydrogen-bond acceptors (Lipinski definition) is 5. The molecule has 1 aliphatic heterocycles. The Kier molecular flexibility index (Phi) is 6.87. The third-order valence-electron chi connectivity index (χ3n) is 5.10. The van der Waals surface area contributed by atoms with Crippen LogP contribution in [-0.4, -0.2) is 48.4 Å². The average Bonchev–Trinajstić information content (AvgIpc) is 3.09. The second-order valence-corrected chi connectivity index (χ2v) is 7.54. The quantitative estimate of drug-likeness (QED) is 0.731. The molecule has 1 fully saturated rings. The van der Waals surface area contributed by atoms with Crippen LogP contribution >= 0.6 is 0 Å². The summed E-state index contributed by atoms with van der Waals surface area (Å²) in [6, 6.07) is 0. The number of piperidine rings is 1. The molecule has 1 atom stereocenters. The number of carbonyl (C=O) groups excluding carboxylic acids is 1. The summed E-state index contributed by atoms with van der Waals surface area (Å²) in [6.07, 6.45) is 5.04. The first-order chi connectivity index (χ1) is 11.9. The Morgan fingerprint density at radius 3 is 2.72 bits per heavy atom. The number of ether oxygens (including phenoxy) is 2. The number of hydrogen-bond donors (Lipinski definition) is 0. The fourth-order valence-electron chi connectivity index (χ4n) is 2.86. The molecule has 0 spiro atoms. The van der Waals surface area contributed by atoms with Crippen LogP contribution in [0.4, 0.5) is 4.79 Å². The van der Waals surface area contributed by atoms with Gasteiger partial charge < -0.3 is 18.8 Å². The molecule has 1 unspecified atom stereocenters. The number of carbonyl (C=O) groups is 1. The molecule has 142 valence electrons. The summed E-state index contributed by atoms with van der Waals surface area (Å²) in [5.74, 6) is 1.37. The minimum atomic E-state index is -0.409. The minimum absolute atomic E-state index is 0.209. The van der Waals surface area contributed by atoms with Gasteiger partial charge in [-0.25, -0.2) is 9.78 Å². The van der Waals surface area contributed by atoms with Crippen LogP contribution in [0, 0.1) is 0 Å². The van der Waals surface area contributed by atoms with Crippen LogP contribution in [0.2, 0.25) is 0 Å². The van der Waals surface area contributed by atoms with Gasteiger partial charge in [-0.1, -0.05) is 13.8 Å². The van der Waals surface area contributed by atoms with Gasteiger partial charge in [0.15, 0.2) is 5.89 Å². The second kappa shape index (κ2) is 8.70. The highest BCUT2D eigenvalue weighted by Gasteiger charge is 2.30. The van der Waals surface area contributed by atoms with E-state index in [0.717, 1.165) is 37.3 Å². The van der Waals surface area contributed by atoms with E-state index in [4.69, 9.17) is 13.9 Å². The molecule has 0 saturated carbocycles. The van der Waals surface area contributed by atoms with Crippen LogP contribution in [0.15, 0.2) is 10.7 Å². The summed E-state index contributed by atoms with van der Waals surface area (Å²) in [6.45, 7) is 10.1. The smallest absolute Gasteiger partial charge is 0.410 e. The van der Waals surface area contributed by atoms with Crippen molar-refractivity contribution in [1.82, 2.24) is 9.88 Å². The molecule has 6 nitrogen and oxygen atoms in total. The van der Waals surface area contributed by atoms with Crippen LogP contribution in [0.25, 0.3) is 0 Å².